The summed E-state index contributed by atoms with van der Waals surface area (Å²) in [6.45, 7) is 0.0708. The molecule has 0 atom stereocenters. The van der Waals surface area contributed by atoms with Crippen molar-refractivity contribution < 1.29 is 14.7 Å². The summed E-state index contributed by atoms with van der Waals surface area (Å²) in [5, 5.41) is 18.9. The molecule has 1 aromatic rings. The van der Waals surface area contributed by atoms with Crippen LogP contribution in [0.4, 0.5) is 0 Å². The van der Waals surface area contributed by atoms with Gasteiger partial charge in [-0.15, -0.1) is 5.10 Å². The van der Waals surface area contributed by atoms with E-state index in [1.165, 1.54) is 10.9 Å². The second kappa shape index (κ2) is 4.52. The van der Waals surface area contributed by atoms with E-state index in [1.807, 2.05) is 0 Å². The molecule has 1 aliphatic carbocycles. The van der Waals surface area contributed by atoms with Gasteiger partial charge >= 0.3 is 5.97 Å². The molecule has 92 valence electrons. The molecular weight excluding hydrogens is 224 g/mol. The number of carboxylic acid groups (broad SMARTS) is 1. The smallest absolute Gasteiger partial charge is 0.305 e. The molecule has 0 spiro atoms. The van der Waals surface area contributed by atoms with Gasteiger partial charge in [0.1, 0.15) is 6.54 Å². The Morgan fingerprint density at radius 1 is 1.47 bits per heavy atom. The van der Waals surface area contributed by atoms with Crippen LogP contribution in [0.25, 0.3) is 0 Å². The van der Waals surface area contributed by atoms with Gasteiger partial charge in [0.05, 0.1) is 18.2 Å². The third kappa shape index (κ3) is 2.80. The zero-order valence-electron chi connectivity index (χ0n) is 9.30. The highest BCUT2D eigenvalue weighted by Gasteiger charge is 2.40. The van der Waals surface area contributed by atoms with Crippen molar-refractivity contribution in [3.8, 4) is 0 Å². The van der Waals surface area contributed by atoms with Gasteiger partial charge in [-0.3, -0.25) is 9.59 Å². The Bertz CT molecular complexity index is 411. The maximum Gasteiger partial charge on any atom is 0.305 e. The van der Waals surface area contributed by atoms with Gasteiger partial charge in [-0.2, -0.15) is 0 Å². The van der Waals surface area contributed by atoms with Crippen LogP contribution in [0.2, 0.25) is 0 Å². The molecule has 1 amide bonds. The minimum atomic E-state index is -0.884. The molecule has 0 radical (unpaired) electrons. The summed E-state index contributed by atoms with van der Waals surface area (Å²) in [6, 6.07) is 0. The predicted octanol–water partition coefficient (Wildman–Crippen LogP) is -0.208. The summed E-state index contributed by atoms with van der Waals surface area (Å²) >= 11 is 0. The second-order valence-corrected chi connectivity index (χ2v) is 4.35. The summed E-state index contributed by atoms with van der Waals surface area (Å²) in [6.07, 6.45) is 5.46. The van der Waals surface area contributed by atoms with Crippen molar-refractivity contribution in [2.75, 3.05) is 0 Å². The molecule has 0 aromatic carbocycles. The monoisotopic (exact) mass is 238 g/mol. The lowest BCUT2D eigenvalue weighted by Gasteiger charge is -2.41. The Labute approximate surface area is 97.8 Å². The Balaban J connectivity index is 1.90. The van der Waals surface area contributed by atoms with E-state index in [2.05, 4.69) is 15.6 Å². The minimum Gasteiger partial charge on any atom is -0.481 e. The highest BCUT2D eigenvalue weighted by Crippen LogP contribution is 2.34. The van der Waals surface area contributed by atoms with Gasteiger partial charge in [0, 0.05) is 6.20 Å². The second-order valence-electron chi connectivity index (χ2n) is 4.35. The topological polar surface area (TPSA) is 97.1 Å². The number of nitrogens with one attached hydrogen (secondary N) is 1. The molecule has 0 unspecified atom stereocenters. The van der Waals surface area contributed by atoms with Crippen LogP contribution in [0.5, 0.6) is 0 Å². The van der Waals surface area contributed by atoms with Crippen molar-refractivity contribution in [2.45, 2.75) is 37.8 Å². The van der Waals surface area contributed by atoms with Crippen LogP contribution < -0.4 is 5.32 Å². The van der Waals surface area contributed by atoms with Crippen molar-refractivity contribution >= 4 is 11.9 Å². The van der Waals surface area contributed by atoms with E-state index < -0.39 is 11.5 Å². The molecule has 0 aliphatic heterocycles. The van der Waals surface area contributed by atoms with E-state index >= 15 is 0 Å². The van der Waals surface area contributed by atoms with Crippen LogP contribution in [0.1, 0.15) is 25.7 Å². The first kappa shape index (κ1) is 11.6. The predicted molar refractivity (Wildman–Crippen MR) is 57.0 cm³/mol. The van der Waals surface area contributed by atoms with E-state index in [0.29, 0.717) is 0 Å². The van der Waals surface area contributed by atoms with E-state index in [1.54, 1.807) is 6.20 Å². The fourth-order valence-electron chi connectivity index (χ4n) is 2.04. The normalized spacial score (nSPS) is 17.2. The van der Waals surface area contributed by atoms with Gasteiger partial charge in [-0.25, -0.2) is 4.68 Å². The van der Waals surface area contributed by atoms with Crippen LogP contribution in [-0.2, 0) is 16.1 Å². The van der Waals surface area contributed by atoms with Gasteiger partial charge in [-0.1, -0.05) is 5.21 Å². The SMILES string of the molecule is O=C(O)CC1(NC(=O)Cn2ccnn2)CCC1. The zero-order chi connectivity index (χ0) is 12.3. The van der Waals surface area contributed by atoms with E-state index in [0.717, 1.165) is 19.3 Å². The molecule has 1 fully saturated rings. The van der Waals surface area contributed by atoms with E-state index in [-0.39, 0.29) is 18.9 Å². The summed E-state index contributed by atoms with van der Waals surface area (Å²) in [4.78, 5) is 22.4. The largest absolute Gasteiger partial charge is 0.481 e. The van der Waals surface area contributed by atoms with Crippen LogP contribution in [0.15, 0.2) is 12.4 Å². The Morgan fingerprint density at radius 2 is 2.24 bits per heavy atom. The molecule has 1 aliphatic rings. The van der Waals surface area contributed by atoms with E-state index in [9.17, 15) is 9.59 Å². The molecule has 1 heterocycles. The van der Waals surface area contributed by atoms with Gasteiger partial charge in [0.2, 0.25) is 5.91 Å². The third-order valence-corrected chi connectivity index (χ3v) is 2.98. The Morgan fingerprint density at radius 3 is 2.71 bits per heavy atom. The first-order chi connectivity index (χ1) is 8.10. The first-order valence-electron chi connectivity index (χ1n) is 5.47. The number of rotatable bonds is 5. The summed E-state index contributed by atoms with van der Waals surface area (Å²) in [5.41, 5.74) is -0.552. The lowest BCUT2D eigenvalue weighted by molar-refractivity contribution is -0.140. The van der Waals surface area contributed by atoms with Crippen molar-refractivity contribution in [3.05, 3.63) is 12.4 Å². The van der Waals surface area contributed by atoms with Gasteiger partial charge in [0.25, 0.3) is 0 Å². The minimum absolute atomic E-state index is 0.0178. The molecule has 7 nitrogen and oxygen atoms in total. The number of aliphatic carboxylic acids is 1. The average Bonchev–Trinajstić information content (AvgIpc) is 2.66. The summed E-state index contributed by atoms with van der Waals surface area (Å²) < 4.78 is 1.41. The van der Waals surface area contributed by atoms with Crippen molar-refractivity contribution in [2.24, 2.45) is 0 Å². The van der Waals surface area contributed by atoms with Gasteiger partial charge in [-0.05, 0) is 19.3 Å². The third-order valence-electron chi connectivity index (χ3n) is 2.98. The number of amides is 1. The van der Waals surface area contributed by atoms with Crippen LogP contribution in [-0.4, -0.2) is 37.5 Å². The number of carboxylic acids is 1. The van der Waals surface area contributed by atoms with E-state index in [4.69, 9.17) is 5.11 Å². The molecule has 0 bridgehead atoms. The van der Waals surface area contributed by atoms with Gasteiger partial charge in [0.15, 0.2) is 0 Å². The molecule has 0 saturated heterocycles. The van der Waals surface area contributed by atoms with Crippen LogP contribution in [0, 0.1) is 0 Å². The quantitative estimate of drug-likeness (QED) is 0.739. The van der Waals surface area contributed by atoms with Crippen LogP contribution in [0.3, 0.4) is 0 Å². The van der Waals surface area contributed by atoms with Gasteiger partial charge < -0.3 is 10.4 Å². The fourth-order valence-corrected chi connectivity index (χ4v) is 2.04. The lowest BCUT2D eigenvalue weighted by Crippen LogP contribution is -2.55. The molecule has 1 saturated carbocycles. The molecular formula is C10H14N4O3. The summed E-state index contributed by atoms with van der Waals surface area (Å²) in [7, 11) is 0. The highest BCUT2D eigenvalue weighted by atomic mass is 16.4. The number of carbonyl (C=O) groups is 2. The van der Waals surface area contributed by atoms with Crippen molar-refractivity contribution in [3.63, 3.8) is 0 Å². The molecule has 1 aromatic heterocycles. The zero-order valence-corrected chi connectivity index (χ0v) is 9.30. The van der Waals surface area contributed by atoms with Crippen molar-refractivity contribution in [1.29, 1.82) is 0 Å². The standard InChI is InChI=1S/C10H14N4O3/c15-8(7-14-5-4-11-13-14)12-10(2-1-3-10)6-9(16)17/h4-5H,1-3,6-7H2,(H,12,15)(H,16,17). The highest BCUT2D eigenvalue weighted by molar-refractivity contribution is 5.78. The van der Waals surface area contributed by atoms with Crippen molar-refractivity contribution in [1.82, 2.24) is 20.3 Å². The fraction of sp³-hybridized carbons (Fsp3) is 0.600. The molecule has 17 heavy (non-hydrogen) atoms. The van der Waals surface area contributed by atoms with Crippen LogP contribution >= 0.6 is 0 Å². The molecule has 2 N–H and O–H groups in total. The Kier molecular flexibility index (Phi) is 3.08. The maximum atomic E-state index is 11.7. The molecule has 2 rings (SSSR count). The first-order valence-corrected chi connectivity index (χ1v) is 5.47. The maximum absolute atomic E-state index is 11.7. The summed E-state index contributed by atoms with van der Waals surface area (Å²) in [5.74, 6) is -1.11. The number of nitrogens with zero attached hydrogens (tertiary/aromatic N) is 3. The lowest BCUT2D eigenvalue weighted by atomic mass is 9.74. The Hall–Kier alpha value is -1.92. The number of hydrogen-bond donors (Lipinski definition) is 2. The average molecular weight is 238 g/mol. The number of carbonyl (C=O) groups excluding carboxylic acids is 1. The number of hydrogen-bond acceptors (Lipinski definition) is 4. The number of aromatic nitrogens is 3. The molecule has 7 heteroatoms.